The topological polar surface area (TPSA) is 41.5 Å². The smallest absolute Gasteiger partial charge is 0.118 e. The van der Waals surface area contributed by atoms with Crippen molar-refractivity contribution in [2.75, 3.05) is 7.11 Å². The minimum Gasteiger partial charge on any atom is -0.497 e. The van der Waals surface area contributed by atoms with Gasteiger partial charge in [0.2, 0.25) is 0 Å². The Bertz CT molecular complexity index is 553. The SMILES string of the molecule is COc1ccc(C(C)NC(C)C(O)Cc2ccccc2)cc1. The lowest BCUT2D eigenvalue weighted by Gasteiger charge is -2.25. The van der Waals surface area contributed by atoms with Crippen LogP contribution in [0.2, 0.25) is 0 Å². The first-order chi connectivity index (χ1) is 10.6. The molecule has 0 radical (unpaired) electrons. The third-order valence-corrected chi connectivity index (χ3v) is 3.99. The molecule has 0 saturated heterocycles. The highest BCUT2D eigenvalue weighted by Gasteiger charge is 2.17. The predicted octanol–water partition coefficient (Wildman–Crippen LogP) is 3.34. The molecule has 0 saturated carbocycles. The number of benzene rings is 2. The van der Waals surface area contributed by atoms with E-state index in [0.29, 0.717) is 6.42 Å². The number of nitrogens with one attached hydrogen (secondary N) is 1. The summed E-state index contributed by atoms with van der Waals surface area (Å²) in [6, 6.07) is 18.3. The number of hydrogen-bond acceptors (Lipinski definition) is 3. The summed E-state index contributed by atoms with van der Waals surface area (Å²) in [5.41, 5.74) is 2.33. The van der Waals surface area contributed by atoms with Gasteiger partial charge in [-0.1, -0.05) is 42.5 Å². The van der Waals surface area contributed by atoms with Crippen molar-refractivity contribution in [3.63, 3.8) is 0 Å². The van der Waals surface area contributed by atoms with Gasteiger partial charge in [-0.05, 0) is 43.5 Å². The lowest BCUT2D eigenvalue weighted by molar-refractivity contribution is 0.129. The summed E-state index contributed by atoms with van der Waals surface area (Å²) in [6.45, 7) is 4.13. The number of methoxy groups -OCH3 is 1. The van der Waals surface area contributed by atoms with Crippen molar-refractivity contribution >= 4 is 0 Å². The zero-order chi connectivity index (χ0) is 15.9. The Balaban J connectivity index is 1.90. The van der Waals surface area contributed by atoms with Crippen LogP contribution in [0.4, 0.5) is 0 Å². The van der Waals surface area contributed by atoms with E-state index in [0.717, 1.165) is 11.3 Å². The van der Waals surface area contributed by atoms with E-state index in [-0.39, 0.29) is 12.1 Å². The molecule has 118 valence electrons. The average molecular weight is 299 g/mol. The number of ether oxygens (including phenoxy) is 1. The van der Waals surface area contributed by atoms with Crippen molar-refractivity contribution in [3.05, 3.63) is 65.7 Å². The Labute approximate surface area is 133 Å². The molecule has 0 aliphatic carbocycles. The maximum atomic E-state index is 10.4. The van der Waals surface area contributed by atoms with Crippen molar-refractivity contribution in [3.8, 4) is 5.75 Å². The van der Waals surface area contributed by atoms with Crippen LogP contribution < -0.4 is 10.1 Å². The van der Waals surface area contributed by atoms with Crippen LogP contribution in [0, 0.1) is 0 Å². The predicted molar refractivity (Wildman–Crippen MR) is 90.2 cm³/mol. The summed E-state index contributed by atoms with van der Waals surface area (Å²) in [6.07, 6.45) is 0.243. The van der Waals surface area contributed by atoms with Crippen LogP contribution in [0.25, 0.3) is 0 Å². The molecule has 2 aromatic carbocycles. The van der Waals surface area contributed by atoms with Crippen molar-refractivity contribution in [2.24, 2.45) is 0 Å². The third kappa shape index (κ3) is 4.58. The van der Waals surface area contributed by atoms with Gasteiger partial charge in [0.15, 0.2) is 0 Å². The van der Waals surface area contributed by atoms with E-state index in [2.05, 4.69) is 12.2 Å². The molecule has 3 unspecified atom stereocenters. The molecule has 3 nitrogen and oxygen atoms in total. The summed E-state index contributed by atoms with van der Waals surface area (Å²) < 4.78 is 5.17. The molecule has 0 heterocycles. The zero-order valence-electron chi connectivity index (χ0n) is 13.5. The molecule has 22 heavy (non-hydrogen) atoms. The van der Waals surface area contributed by atoms with Crippen LogP contribution in [-0.4, -0.2) is 24.4 Å². The molecule has 2 rings (SSSR count). The largest absolute Gasteiger partial charge is 0.497 e. The van der Waals surface area contributed by atoms with E-state index in [4.69, 9.17) is 4.74 Å². The van der Waals surface area contributed by atoms with E-state index < -0.39 is 6.10 Å². The number of hydrogen-bond donors (Lipinski definition) is 2. The molecule has 0 aromatic heterocycles. The monoisotopic (exact) mass is 299 g/mol. The van der Waals surface area contributed by atoms with Gasteiger partial charge in [0.1, 0.15) is 5.75 Å². The van der Waals surface area contributed by atoms with Crippen molar-refractivity contribution < 1.29 is 9.84 Å². The minimum absolute atomic E-state index is 0.0114. The van der Waals surface area contributed by atoms with Crippen LogP contribution in [0.5, 0.6) is 5.75 Å². The molecular weight excluding hydrogens is 274 g/mol. The Morgan fingerprint density at radius 3 is 2.23 bits per heavy atom. The summed E-state index contributed by atoms with van der Waals surface area (Å²) in [4.78, 5) is 0. The van der Waals surface area contributed by atoms with Gasteiger partial charge in [0.05, 0.1) is 13.2 Å². The fourth-order valence-corrected chi connectivity index (χ4v) is 2.53. The van der Waals surface area contributed by atoms with E-state index >= 15 is 0 Å². The number of aliphatic hydroxyl groups is 1. The van der Waals surface area contributed by atoms with Gasteiger partial charge < -0.3 is 15.2 Å². The number of aliphatic hydroxyl groups excluding tert-OH is 1. The quantitative estimate of drug-likeness (QED) is 0.824. The van der Waals surface area contributed by atoms with Crippen LogP contribution in [0.3, 0.4) is 0 Å². The molecule has 0 bridgehead atoms. The summed E-state index contributed by atoms with van der Waals surface area (Å²) in [5, 5.41) is 13.8. The fraction of sp³-hybridized carbons (Fsp3) is 0.368. The highest BCUT2D eigenvalue weighted by molar-refractivity contribution is 5.29. The van der Waals surface area contributed by atoms with Crippen LogP contribution >= 0.6 is 0 Å². The molecule has 0 aliphatic heterocycles. The molecule has 0 aliphatic rings. The fourth-order valence-electron chi connectivity index (χ4n) is 2.53. The average Bonchev–Trinajstić information content (AvgIpc) is 2.55. The van der Waals surface area contributed by atoms with Gasteiger partial charge in [0.25, 0.3) is 0 Å². The second-order valence-electron chi connectivity index (χ2n) is 5.71. The highest BCUT2D eigenvalue weighted by atomic mass is 16.5. The lowest BCUT2D eigenvalue weighted by atomic mass is 10.0. The van der Waals surface area contributed by atoms with E-state index in [1.807, 2.05) is 61.5 Å². The lowest BCUT2D eigenvalue weighted by Crippen LogP contribution is -2.39. The second kappa shape index (κ2) is 7.97. The van der Waals surface area contributed by atoms with E-state index in [1.165, 1.54) is 5.56 Å². The first-order valence-electron chi connectivity index (χ1n) is 7.72. The number of rotatable bonds is 7. The summed E-state index contributed by atoms with van der Waals surface area (Å²) in [7, 11) is 1.67. The van der Waals surface area contributed by atoms with Crippen LogP contribution in [-0.2, 0) is 6.42 Å². The molecule has 0 spiro atoms. The standard InChI is InChI=1S/C19H25NO2/c1-14(17-9-11-18(22-3)12-10-17)20-15(2)19(21)13-16-7-5-4-6-8-16/h4-12,14-15,19-21H,13H2,1-3H3. The molecule has 2 N–H and O–H groups in total. The maximum Gasteiger partial charge on any atom is 0.118 e. The Kier molecular flexibility index (Phi) is 5.99. The zero-order valence-corrected chi connectivity index (χ0v) is 13.5. The highest BCUT2D eigenvalue weighted by Crippen LogP contribution is 2.18. The van der Waals surface area contributed by atoms with Crippen molar-refractivity contribution in [2.45, 2.75) is 38.5 Å². The van der Waals surface area contributed by atoms with Gasteiger partial charge in [-0.2, -0.15) is 0 Å². The van der Waals surface area contributed by atoms with E-state index in [1.54, 1.807) is 7.11 Å². The van der Waals surface area contributed by atoms with Crippen LogP contribution in [0.15, 0.2) is 54.6 Å². The Morgan fingerprint density at radius 1 is 1.00 bits per heavy atom. The first kappa shape index (κ1) is 16.5. The minimum atomic E-state index is -0.414. The third-order valence-electron chi connectivity index (χ3n) is 3.99. The normalized spacial score (nSPS) is 15.1. The van der Waals surface area contributed by atoms with E-state index in [9.17, 15) is 5.11 Å². The van der Waals surface area contributed by atoms with Crippen molar-refractivity contribution in [1.29, 1.82) is 0 Å². The van der Waals surface area contributed by atoms with Crippen LogP contribution in [0.1, 0.15) is 31.0 Å². The molecule has 0 amide bonds. The molecule has 3 heteroatoms. The summed E-state index contributed by atoms with van der Waals surface area (Å²) >= 11 is 0. The van der Waals surface area contributed by atoms with Gasteiger partial charge in [-0.15, -0.1) is 0 Å². The maximum absolute atomic E-state index is 10.4. The second-order valence-corrected chi connectivity index (χ2v) is 5.71. The van der Waals surface area contributed by atoms with Crippen molar-refractivity contribution in [1.82, 2.24) is 5.32 Å². The Hall–Kier alpha value is -1.84. The molecule has 0 fully saturated rings. The Morgan fingerprint density at radius 2 is 1.64 bits per heavy atom. The molecule has 2 aromatic rings. The molecular formula is C19H25NO2. The van der Waals surface area contributed by atoms with Gasteiger partial charge >= 0.3 is 0 Å². The van der Waals surface area contributed by atoms with Gasteiger partial charge in [-0.25, -0.2) is 0 Å². The van der Waals surface area contributed by atoms with Gasteiger partial charge in [0, 0.05) is 12.1 Å². The summed E-state index contributed by atoms with van der Waals surface area (Å²) in [5.74, 6) is 0.855. The van der Waals surface area contributed by atoms with Gasteiger partial charge in [-0.3, -0.25) is 0 Å². The first-order valence-corrected chi connectivity index (χ1v) is 7.72. The molecule has 3 atom stereocenters.